The van der Waals surface area contributed by atoms with Crippen molar-refractivity contribution in [2.24, 2.45) is 0 Å². The van der Waals surface area contributed by atoms with Gasteiger partial charge in [0.05, 0.1) is 13.2 Å². The number of aliphatic hydroxyl groups excluding tert-OH is 1. The third-order valence-corrected chi connectivity index (χ3v) is 8.10. The Morgan fingerprint density at radius 1 is 0.591 bits per heavy atom. The van der Waals surface area contributed by atoms with Gasteiger partial charge in [-0.3, -0.25) is 14.4 Å². The zero-order chi connectivity index (χ0) is 32.7. The van der Waals surface area contributed by atoms with E-state index in [0.29, 0.717) is 19.3 Å². The minimum Gasteiger partial charge on any atom is -0.480 e. The van der Waals surface area contributed by atoms with Crippen LogP contribution in [0.3, 0.4) is 0 Å². The summed E-state index contributed by atoms with van der Waals surface area (Å²) in [7, 11) is 0. The monoisotopic (exact) mass is 626 g/mol. The summed E-state index contributed by atoms with van der Waals surface area (Å²) in [5.41, 5.74) is 0. The van der Waals surface area contributed by atoms with Crippen LogP contribution >= 0.6 is 0 Å². The molecule has 2 amide bonds. The van der Waals surface area contributed by atoms with Gasteiger partial charge in [-0.25, -0.2) is 4.79 Å². The Kier molecular flexibility index (Phi) is 29.3. The molecule has 0 aliphatic heterocycles. The number of aliphatic carboxylic acids is 1. The van der Waals surface area contributed by atoms with Gasteiger partial charge in [-0.1, -0.05) is 123 Å². The fourth-order valence-electron chi connectivity index (χ4n) is 5.30. The lowest BCUT2D eigenvalue weighted by atomic mass is 10.0. The van der Waals surface area contributed by atoms with E-state index in [2.05, 4.69) is 24.5 Å². The second kappa shape index (κ2) is 30.8. The normalized spacial score (nSPS) is 12.4. The quantitative estimate of drug-likeness (QED) is 0.0451. The first-order chi connectivity index (χ1) is 21.3. The van der Waals surface area contributed by atoms with E-state index < -0.39 is 24.5 Å². The summed E-state index contributed by atoms with van der Waals surface area (Å²) in [6.45, 7) is 3.44. The SMILES string of the molecule is CCCCCCCCCCC(=O)OC(CCCCCCCCCC)CCCCCCCC(=O)NCC(=O)NC(CO)C(=O)O. The number of carbonyl (C=O) groups excluding carboxylic acids is 3. The van der Waals surface area contributed by atoms with Crippen molar-refractivity contribution >= 4 is 23.8 Å². The molecule has 0 fully saturated rings. The van der Waals surface area contributed by atoms with E-state index in [-0.39, 0.29) is 24.5 Å². The molecule has 2 unspecified atom stereocenters. The van der Waals surface area contributed by atoms with Crippen molar-refractivity contribution in [3.63, 3.8) is 0 Å². The first-order valence-electron chi connectivity index (χ1n) is 17.9. The summed E-state index contributed by atoms with van der Waals surface area (Å²) in [4.78, 5) is 47.1. The number of carboxylic acids is 1. The summed E-state index contributed by atoms with van der Waals surface area (Å²) in [6.07, 6.45) is 27.0. The zero-order valence-electron chi connectivity index (χ0n) is 28.2. The molecule has 0 saturated carbocycles. The van der Waals surface area contributed by atoms with E-state index in [0.717, 1.165) is 57.8 Å². The number of carbonyl (C=O) groups is 4. The molecule has 4 N–H and O–H groups in total. The highest BCUT2D eigenvalue weighted by molar-refractivity contribution is 5.87. The van der Waals surface area contributed by atoms with Crippen molar-refractivity contribution in [3.8, 4) is 0 Å². The van der Waals surface area contributed by atoms with Gasteiger partial charge in [-0.15, -0.1) is 0 Å². The molecule has 9 heteroatoms. The lowest BCUT2D eigenvalue weighted by molar-refractivity contribution is -0.150. The first-order valence-corrected chi connectivity index (χ1v) is 17.9. The number of nitrogens with one attached hydrogen (secondary N) is 2. The maximum absolute atomic E-state index is 12.6. The maximum atomic E-state index is 12.6. The predicted molar refractivity (Wildman–Crippen MR) is 176 cm³/mol. The second-order valence-corrected chi connectivity index (χ2v) is 12.3. The van der Waals surface area contributed by atoms with Crippen molar-refractivity contribution in [2.45, 2.75) is 187 Å². The maximum Gasteiger partial charge on any atom is 0.328 e. The fourth-order valence-corrected chi connectivity index (χ4v) is 5.30. The molecule has 0 aromatic heterocycles. The number of aliphatic hydroxyl groups is 1. The van der Waals surface area contributed by atoms with Crippen molar-refractivity contribution < 1.29 is 34.1 Å². The number of hydrogen-bond acceptors (Lipinski definition) is 6. The van der Waals surface area contributed by atoms with Crippen LogP contribution in [0.1, 0.15) is 174 Å². The molecule has 0 rings (SSSR count). The van der Waals surface area contributed by atoms with Gasteiger partial charge in [-0.2, -0.15) is 0 Å². The van der Waals surface area contributed by atoms with E-state index in [1.165, 1.54) is 83.5 Å². The fraction of sp³-hybridized carbons (Fsp3) is 0.886. The molecule has 0 aromatic rings. The minimum absolute atomic E-state index is 0.000109. The largest absolute Gasteiger partial charge is 0.480 e. The lowest BCUT2D eigenvalue weighted by Gasteiger charge is -2.18. The number of hydrogen-bond donors (Lipinski definition) is 4. The van der Waals surface area contributed by atoms with Gasteiger partial charge in [0.15, 0.2) is 0 Å². The molecule has 0 aliphatic carbocycles. The average Bonchev–Trinajstić information content (AvgIpc) is 3.00. The number of carboxylic acid groups (broad SMARTS) is 1. The number of unbranched alkanes of at least 4 members (excludes halogenated alkanes) is 18. The Morgan fingerprint density at radius 3 is 1.48 bits per heavy atom. The van der Waals surface area contributed by atoms with Gasteiger partial charge in [0, 0.05) is 12.8 Å². The molecule has 0 heterocycles. The van der Waals surface area contributed by atoms with Gasteiger partial charge < -0.3 is 25.6 Å². The van der Waals surface area contributed by atoms with Crippen molar-refractivity contribution in [1.29, 1.82) is 0 Å². The van der Waals surface area contributed by atoms with Crippen LogP contribution in [0.25, 0.3) is 0 Å². The van der Waals surface area contributed by atoms with Crippen LogP contribution in [0.5, 0.6) is 0 Å². The number of esters is 1. The molecular formula is C35H66N2O7. The predicted octanol–water partition coefficient (Wildman–Crippen LogP) is 7.37. The minimum atomic E-state index is -1.38. The molecule has 0 aromatic carbocycles. The number of amides is 2. The Hall–Kier alpha value is -2.16. The van der Waals surface area contributed by atoms with Gasteiger partial charge in [0.25, 0.3) is 0 Å². The van der Waals surface area contributed by atoms with Gasteiger partial charge in [-0.05, 0) is 38.5 Å². The highest BCUT2D eigenvalue weighted by Crippen LogP contribution is 2.18. The van der Waals surface area contributed by atoms with Crippen molar-refractivity contribution in [2.75, 3.05) is 13.2 Å². The van der Waals surface area contributed by atoms with E-state index in [4.69, 9.17) is 14.9 Å². The molecule has 2 atom stereocenters. The third kappa shape index (κ3) is 27.4. The average molecular weight is 627 g/mol. The molecule has 258 valence electrons. The summed E-state index contributed by atoms with van der Waals surface area (Å²) in [5.74, 6) is -2.29. The second-order valence-electron chi connectivity index (χ2n) is 12.3. The van der Waals surface area contributed by atoms with Crippen LogP contribution in [0.4, 0.5) is 0 Å². The molecule has 9 nitrogen and oxygen atoms in total. The van der Waals surface area contributed by atoms with E-state index in [9.17, 15) is 19.2 Å². The molecule has 0 spiro atoms. The summed E-state index contributed by atoms with van der Waals surface area (Å²) < 4.78 is 5.95. The zero-order valence-corrected chi connectivity index (χ0v) is 28.2. The summed E-state index contributed by atoms with van der Waals surface area (Å²) in [6, 6.07) is -1.38. The van der Waals surface area contributed by atoms with Gasteiger partial charge in [0.1, 0.15) is 12.1 Å². The highest BCUT2D eigenvalue weighted by atomic mass is 16.5. The van der Waals surface area contributed by atoms with Crippen LogP contribution in [-0.4, -0.2) is 59.3 Å². The molecule has 0 radical (unpaired) electrons. The van der Waals surface area contributed by atoms with E-state index >= 15 is 0 Å². The van der Waals surface area contributed by atoms with Crippen molar-refractivity contribution in [3.05, 3.63) is 0 Å². The van der Waals surface area contributed by atoms with Crippen LogP contribution in [-0.2, 0) is 23.9 Å². The molecule has 0 saturated heterocycles. The van der Waals surface area contributed by atoms with Gasteiger partial charge in [0.2, 0.25) is 11.8 Å². The Balaban J connectivity index is 4.22. The standard InChI is InChI=1S/C35H66N2O7/c1-3-5-7-9-11-13-16-20-24-30(44-34(41)27-23-19-14-12-10-8-6-4-2)25-21-17-15-18-22-26-32(39)36-28-33(40)37-31(29-38)35(42)43/h30-31,38H,3-29H2,1-2H3,(H,36,39)(H,37,40)(H,42,43). The Morgan fingerprint density at radius 2 is 1.02 bits per heavy atom. The third-order valence-electron chi connectivity index (χ3n) is 8.10. The molecule has 44 heavy (non-hydrogen) atoms. The van der Waals surface area contributed by atoms with E-state index in [1.54, 1.807) is 0 Å². The van der Waals surface area contributed by atoms with Crippen LogP contribution in [0.15, 0.2) is 0 Å². The topological polar surface area (TPSA) is 142 Å². The van der Waals surface area contributed by atoms with Crippen molar-refractivity contribution in [1.82, 2.24) is 10.6 Å². The highest BCUT2D eigenvalue weighted by Gasteiger charge is 2.19. The Bertz CT molecular complexity index is 732. The smallest absolute Gasteiger partial charge is 0.328 e. The molecule has 0 bridgehead atoms. The van der Waals surface area contributed by atoms with Gasteiger partial charge >= 0.3 is 11.9 Å². The summed E-state index contributed by atoms with van der Waals surface area (Å²) in [5, 5.41) is 22.4. The lowest BCUT2D eigenvalue weighted by Crippen LogP contribution is -2.47. The number of ether oxygens (including phenoxy) is 1. The number of rotatable bonds is 32. The van der Waals surface area contributed by atoms with Crippen LogP contribution < -0.4 is 10.6 Å². The van der Waals surface area contributed by atoms with E-state index in [1.807, 2.05) is 0 Å². The first kappa shape index (κ1) is 41.8. The Labute approximate surface area is 268 Å². The molecule has 0 aliphatic rings. The summed E-state index contributed by atoms with van der Waals surface area (Å²) >= 11 is 0. The van der Waals surface area contributed by atoms with Crippen LogP contribution in [0.2, 0.25) is 0 Å². The molecular weight excluding hydrogens is 560 g/mol. The van der Waals surface area contributed by atoms with Crippen LogP contribution in [0, 0.1) is 0 Å².